The fourth-order valence-corrected chi connectivity index (χ4v) is 2.98. The van der Waals surface area contributed by atoms with Crippen molar-refractivity contribution in [3.05, 3.63) is 52.1 Å². The number of rotatable bonds is 4. The van der Waals surface area contributed by atoms with Gasteiger partial charge in [0.1, 0.15) is 5.75 Å². The van der Waals surface area contributed by atoms with Gasteiger partial charge in [0, 0.05) is 3.57 Å². The first-order chi connectivity index (χ1) is 9.03. The van der Waals surface area contributed by atoms with E-state index in [0.29, 0.717) is 11.4 Å². The van der Waals surface area contributed by atoms with Crippen molar-refractivity contribution >= 4 is 38.3 Å². The Bertz CT molecular complexity index is 669. The summed E-state index contributed by atoms with van der Waals surface area (Å²) in [4.78, 5) is 0.221. The van der Waals surface area contributed by atoms with Gasteiger partial charge in [-0.3, -0.25) is 4.72 Å². The molecule has 2 aromatic rings. The van der Waals surface area contributed by atoms with Gasteiger partial charge in [0.05, 0.1) is 17.7 Å². The van der Waals surface area contributed by atoms with Crippen molar-refractivity contribution in [2.45, 2.75) is 4.90 Å². The van der Waals surface area contributed by atoms with Crippen molar-refractivity contribution in [2.75, 3.05) is 11.8 Å². The number of benzene rings is 2. The maximum atomic E-state index is 12.2. The summed E-state index contributed by atoms with van der Waals surface area (Å²) >= 11 is 2.12. The van der Waals surface area contributed by atoms with Crippen molar-refractivity contribution < 1.29 is 13.2 Å². The second-order valence-corrected chi connectivity index (χ2v) is 6.69. The van der Waals surface area contributed by atoms with Gasteiger partial charge in [0.2, 0.25) is 0 Å². The van der Waals surface area contributed by atoms with Gasteiger partial charge in [-0.15, -0.1) is 0 Å². The van der Waals surface area contributed by atoms with E-state index >= 15 is 0 Å². The molecule has 0 aromatic heterocycles. The number of methoxy groups -OCH3 is 1. The third-order valence-electron chi connectivity index (χ3n) is 2.48. The molecule has 0 spiro atoms. The molecule has 6 heteroatoms. The number of halogens is 1. The van der Waals surface area contributed by atoms with E-state index in [0.717, 1.165) is 3.57 Å². The van der Waals surface area contributed by atoms with Gasteiger partial charge in [0.15, 0.2) is 0 Å². The molecule has 0 radical (unpaired) electrons. The summed E-state index contributed by atoms with van der Waals surface area (Å²) in [7, 11) is -2.10. The molecule has 0 saturated heterocycles. The van der Waals surface area contributed by atoms with Crippen LogP contribution in [0.25, 0.3) is 0 Å². The summed E-state index contributed by atoms with van der Waals surface area (Å²) in [5, 5.41) is 0. The molecule has 0 atom stereocenters. The molecule has 2 rings (SSSR count). The van der Waals surface area contributed by atoms with E-state index in [9.17, 15) is 8.42 Å². The second kappa shape index (κ2) is 5.79. The third kappa shape index (κ3) is 3.38. The summed E-state index contributed by atoms with van der Waals surface area (Å²) in [5.41, 5.74) is 0.420. The predicted octanol–water partition coefficient (Wildman–Crippen LogP) is 3.10. The zero-order chi connectivity index (χ0) is 13.9. The molecular formula is C13H12INO3S. The maximum absolute atomic E-state index is 12.2. The van der Waals surface area contributed by atoms with Crippen molar-refractivity contribution in [3.8, 4) is 5.75 Å². The van der Waals surface area contributed by atoms with E-state index in [2.05, 4.69) is 27.3 Å². The van der Waals surface area contributed by atoms with Crippen LogP contribution in [-0.2, 0) is 10.0 Å². The standard InChI is InChI=1S/C13H12INO3S/c1-18-13-5-3-2-4-12(13)15-19(16,17)11-8-6-10(14)7-9-11/h2-9,15H,1H3. The lowest BCUT2D eigenvalue weighted by Gasteiger charge is -2.11. The Labute approximate surface area is 126 Å². The van der Waals surface area contributed by atoms with Gasteiger partial charge in [-0.2, -0.15) is 0 Å². The Morgan fingerprint density at radius 3 is 2.32 bits per heavy atom. The highest BCUT2D eigenvalue weighted by Crippen LogP contribution is 2.26. The number of para-hydroxylation sites is 2. The number of hydrogen-bond donors (Lipinski definition) is 1. The van der Waals surface area contributed by atoms with Gasteiger partial charge >= 0.3 is 0 Å². The largest absolute Gasteiger partial charge is 0.495 e. The van der Waals surface area contributed by atoms with E-state index in [1.807, 2.05) is 0 Å². The summed E-state index contributed by atoms with van der Waals surface area (Å²) in [5.74, 6) is 0.483. The van der Waals surface area contributed by atoms with E-state index < -0.39 is 10.0 Å². The normalized spacial score (nSPS) is 11.1. The Hall–Kier alpha value is -1.28. The molecule has 0 aliphatic carbocycles. The van der Waals surface area contributed by atoms with Crippen LogP contribution in [0.1, 0.15) is 0 Å². The average molecular weight is 389 g/mol. The van der Waals surface area contributed by atoms with Crippen LogP contribution in [0.3, 0.4) is 0 Å². The highest BCUT2D eigenvalue weighted by molar-refractivity contribution is 14.1. The monoisotopic (exact) mass is 389 g/mol. The molecule has 19 heavy (non-hydrogen) atoms. The van der Waals surface area contributed by atoms with Gasteiger partial charge in [-0.05, 0) is 59.0 Å². The first-order valence-corrected chi connectivity index (χ1v) is 8.00. The number of hydrogen-bond acceptors (Lipinski definition) is 3. The summed E-state index contributed by atoms with van der Waals surface area (Å²) in [6, 6.07) is 13.5. The van der Waals surface area contributed by atoms with Gasteiger partial charge in [-0.1, -0.05) is 12.1 Å². The van der Waals surface area contributed by atoms with Crippen LogP contribution in [0.5, 0.6) is 5.75 Å². The van der Waals surface area contributed by atoms with Crippen LogP contribution in [0.4, 0.5) is 5.69 Å². The van der Waals surface area contributed by atoms with Crippen LogP contribution >= 0.6 is 22.6 Å². The molecule has 0 aliphatic rings. The van der Waals surface area contributed by atoms with E-state index in [4.69, 9.17) is 4.74 Å². The molecular weight excluding hydrogens is 377 g/mol. The Morgan fingerprint density at radius 2 is 1.68 bits per heavy atom. The van der Waals surface area contributed by atoms with Crippen LogP contribution in [-0.4, -0.2) is 15.5 Å². The number of ether oxygens (including phenoxy) is 1. The molecule has 4 nitrogen and oxygen atoms in total. The van der Waals surface area contributed by atoms with Crippen molar-refractivity contribution in [1.82, 2.24) is 0 Å². The fraction of sp³-hybridized carbons (Fsp3) is 0.0769. The van der Waals surface area contributed by atoms with E-state index in [1.54, 1.807) is 48.5 Å². The van der Waals surface area contributed by atoms with Crippen molar-refractivity contribution in [2.24, 2.45) is 0 Å². The van der Waals surface area contributed by atoms with Gasteiger partial charge < -0.3 is 4.74 Å². The minimum Gasteiger partial charge on any atom is -0.495 e. The summed E-state index contributed by atoms with van der Waals surface area (Å²) in [6.45, 7) is 0. The number of nitrogens with one attached hydrogen (secondary N) is 1. The lowest BCUT2D eigenvalue weighted by molar-refractivity contribution is 0.417. The molecule has 100 valence electrons. The third-order valence-corrected chi connectivity index (χ3v) is 4.58. The molecule has 1 N–H and O–H groups in total. The molecule has 0 amide bonds. The first kappa shape index (κ1) is 14.1. The molecule has 2 aromatic carbocycles. The quantitative estimate of drug-likeness (QED) is 0.818. The highest BCUT2D eigenvalue weighted by atomic mass is 127. The molecule has 0 unspecified atom stereocenters. The second-order valence-electron chi connectivity index (χ2n) is 3.76. The number of anilines is 1. The fourth-order valence-electron chi connectivity index (χ4n) is 1.55. The zero-order valence-electron chi connectivity index (χ0n) is 10.1. The van der Waals surface area contributed by atoms with Crippen LogP contribution in [0.2, 0.25) is 0 Å². The predicted molar refractivity (Wildman–Crippen MR) is 83.0 cm³/mol. The van der Waals surface area contributed by atoms with Crippen LogP contribution in [0, 0.1) is 3.57 Å². The van der Waals surface area contributed by atoms with E-state index in [1.165, 1.54) is 7.11 Å². The van der Waals surface area contributed by atoms with Gasteiger partial charge in [0.25, 0.3) is 10.0 Å². The van der Waals surface area contributed by atoms with Crippen molar-refractivity contribution in [3.63, 3.8) is 0 Å². The number of sulfonamides is 1. The Balaban J connectivity index is 2.34. The topological polar surface area (TPSA) is 55.4 Å². The molecule has 0 bridgehead atoms. The molecule has 0 fully saturated rings. The van der Waals surface area contributed by atoms with Gasteiger partial charge in [-0.25, -0.2) is 8.42 Å². The molecule has 0 heterocycles. The molecule has 0 aliphatic heterocycles. The minimum absolute atomic E-state index is 0.221. The molecule has 0 saturated carbocycles. The minimum atomic E-state index is -3.60. The summed E-state index contributed by atoms with van der Waals surface area (Å²) < 4.78 is 33.0. The average Bonchev–Trinajstić information content (AvgIpc) is 2.39. The Morgan fingerprint density at radius 1 is 1.05 bits per heavy atom. The zero-order valence-corrected chi connectivity index (χ0v) is 13.1. The lowest BCUT2D eigenvalue weighted by Crippen LogP contribution is -2.13. The Kier molecular flexibility index (Phi) is 4.31. The summed E-state index contributed by atoms with van der Waals surface area (Å²) in [6.07, 6.45) is 0. The lowest BCUT2D eigenvalue weighted by atomic mass is 10.3. The smallest absolute Gasteiger partial charge is 0.262 e. The van der Waals surface area contributed by atoms with E-state index in [-0.39, 0.29) is 4.90 Å². The van der Waals surface area contributed by atoms with Crippen LogP contribution < -0.4 is 9.46 Å². The highest BCUT2D eigenvalue weighted by Gasteiger charge is 2.15. The van der Waals surface area contributed by atoms with Crippen molar-refractivity contribution in [1.29, 1.82) is 0 Å². The SMILES string of the molecule is COc1ccccc1NS(=O)(=O)c1ccc(I)cc1. The first-order valence-electron chi connectivity index (χ1n) is 5.44. The maximum Gasteiger partial charge on any atom is 0.262 e. The van der Waals surface area contributed by atoms with Crippen LogP contribution in [0.15, 0.2) is 53.4 Å².